The smallest absolute Gasteiger partial charge is 0.267 e. The number of hydrogen-bond acceptors (Lipinski definition) is 2. The van der Waals surface area contributed by atoms with Crippen LogP contribution in [0.25, 0.3) is 0 Å². The summed E-state index contributed by atoms with van der Waals surface area (Å²) in [5.74, 6) is -0.246. The minimum absolute atomic E-state index is 0.246. The van der Waals surface area contributed by atoms with E-state index in [-0.39, 0.29) is 5.91 Å². The molecule has 6 heteroatoms. The number of amides is 1. The summed E-state index contributed by atoms with van der Waals surface area (Å²) in [6, 6.07) is 11.0. The molecule has 0 saturated carbocycles. The first-order chi connectivity index (χ1) is 9.97. The van der Waals surface area contributed by atoms with Gasteiger partial charge in [-0.05, 0) is 54.4 Å². The highest BCUT2D eigenvalue weighted by molar-refractivity contribution is 9.11. The molecule has 0 aliphatic heterocycles. The molecule has 0 aliphatic carbocycles. The molecule has 0 fully saturated rings. The molecule has 2 rings (SSSR count). The number of carbonyl (C=O) groups is 1. The van der Waals surface area contributed by atoms with Crippen molar-refractivity contribution in [3.05, 3.63) is 66.5 Å². The Bertz CT molecular complexity index is 674. The van der Waals surface area contributed by atoms with Crippen LogP contribution in [-0.2, 0) is 0 Å². The van der Waals surface area contributed by atoms with Crippen molar-refractivity contribution in [3.8, 4) is 0 Å². The van der Waals surface area contributed by atoms with Gasteiger partial charge in [-0.3, -0.25) is 4.79 Å². The monoisotopic (exact) mass is 472 g/mol. The molecule has 0 atom stereocenters. The molecule has 0 radical (unpaired) electrons. The van der Waals surface area contributed by atoms with Crippen LogP contribution >= 0.6 is 47.8 Å². The zero-order valence-corrected chi connectivity index (χ0v) is 15.8. The molecule has 0 aliphatic rings. The second kappa shape index (κ2) is 7.33. The minimum Gasteiger partial charge on any atom is -0.267 e. The Labute approximate surface area is 148 Å². The summed E-state index contributed by atoms with van der Waals surface area (Å²) in [5, 5.41) is 3.97. The van der Waals surface area contributed by atoms with Crippen LogP contribution in [0.4, 0.5) is 0 Å². The molecule has 0 bridgehead atoms. The van der Waals surface area contributed by atoms with E-state index in [0.29, 0.717) is 5.56 Å². The lowest BCUT2D eigenvalue weighted by atomic mass is 10.2. The van der Waals surface area contributed by atoms with Crippen LogP contribution in [0.2, 0.25) is 0 Å². The molecular weight excluding hydrogens is 464 g/mol. The molecule has 0 aromatic heterocycles. The van der Waals surface area contributed by atoms with Gasteiger partial charge in [-0.15, -0.1) is 0 Å². The van der Waals surface area contributed by atoms with Crippen molar-refractivity contribution in [2.75, 3.05) is 0 Å². The standard InChI is InChI=1S/C15H11Br3N2O/c1-9-13(17)6-10(7-14(9)18)8-19-20-15(21)11-2-4-12(16)5-3-11/h2-8H,1H3,(H,20,21)/b19-8-. The van der Waals surface area contributed by atoms with Crippen LogP contribution < -0.4 is 5.43 Å². The fourth-order valence-corrected chi connectivity index (χ4v) is 3.06. The van der Waals surface area contributed by atoms with Crippen molar-refractivity contribution in [2.45, 2.75) is 6.92 Å². The first-order valence-corrected chi connectivity index (χ1v) is 8.40. The number of benzene rings is 2. The molecule has 2 aromatic rings. The predicted molar refractivity (Wildman–Crippen MR) is 95.8 cm³/mol. The van der Waals surface area contributed by atoms with E-state index in [0.717, 1.165) is 24.5 Å². The third kappa shape index (κ3) is 4.49. The van der Waals surface area contributed by atoms with Gasteiger partial charge < -0.3 is 0 Å². The van der Waals surface area contributed by atoms with Gasteiger partial charge in [0.25, 0.3) is 5.91 Å². The Morgan fingerprint density at radius 2 is 1.67 bits per heavy atom. The maximum absolute atomic E-state index is 11.9. The van der Waals surface area contributed by atoms with Crippen molar-refractivity contribution in [3.63, 3.8) is 0 Å². The quantitative estimate of drug-likeness (QED) is 0.491. The zero-order chi connectivity index (χ0) is 15.4. The normalized spacial score (nSPS) is 10.9. The van der Waals surface area contributed by atoms with Gasteiger partial charge in [0, 0.05) is 19.0 Å². The summed E-state index contributed by atoms with van der Waals surface area (Å²) in [6.07, 6.45) is 1.60. The molecule has 2 aromatic carbocycles. The lowest BCUT2D eigenvalue weighted by Gasteiger charge is -2.03. The van der Waals surface area contributed by atoms with Crippen molar-refractivity contribution in [2.24, 2.45) is 5.10 Å². The Balaban J connectivity index is 2.05. The lowest BCUT2D eigenvalue weighted by Crippen LogP contribution is -2.17. The molecule has 0 heterocycles. The van der Waals surface area contributed by atoms with E-state index in [1.54, 1.807) is 18.3 Å². The Kier molecular flexibility index (Phi) is 5.72. The SMILES string of the molecule is Cc1c(Br)cc(/C=N\NC(=O)c2ccc(Br)cc2)cc1Br. The zero-order valence-electron chi connectivity index (χ0n) is 11.0. The van der Waals surface area contributed by atoms with E-state index in [4.69, 9.17) is 0 Å². The van der Waals surface area contributed by atoms with Gasteiger partial charge >= 0.3 is 0 Å². The Morgan fingerprint density at radius 3 is 2.24 bits per heavy atom. The number of halogens is 3. The lowest BCUT2D eigenvalue weighted by molar-refractivity contribution is 0.0955. The third-order valence-corrected chi connectivity index (χ3v) is 4.97. The van der Waals surface area contributed by atoms with Gasteiger partial charge in [0.1, 0.15) is 0 Å². The van der Waals surface area contributed by atoms with E-state index >= 15 is 0 Å². The van der Waals surface area contributed by atoms with Crippen molar-refractivity contribution < 1.29 is 4.79 Å². The third-order valence-electron chi connectivity index (χ3n) is 2.79. The minimum atomic E-state index is -0.246. The number of hydrogen-bond donors (Lipinski definition) is 1. The molecule has 1 N–H and O–H groups in total. The molecule has 21 heavy (non-hydrogen) atoms. The number of nitrogens with zero attached hydrogens (tertiary/aromatic N) is 1. The van der Waals surface area contributed by atoms with E-state index in [1.807, 2.05) is 31.2 Å². The first kappa shape index (κ1) is 16.4. The van der Waals surface area contributed by atoms with Crippen LogP contribution in [-0.4, -0.2) is 12.1 Å². The maximum Gasteiger partial charge on any atom is 0.271 e. The van der Waals surface area contributed by atoms with Crippen LogP contribution in [0.15, 0.2) is 54.9 Å². The molecule has 1 amide bonds. The van der Waals surface area contributed by atoms with Crippen LogP contribution in [0.3, 0.4) is 0 Å². The largest absolute Gasteiger partial charge is 0.271 e. The summed E-state index contributed by atoms with van der Waals surface area (Å²) in [5.41, 5.74) is 5.06. The molecule has 3 nitrogen and oxygen atoms in total. The van der Waals surface area contributed by atoms with Crippen LogP contribution in [0, 0.1) is 6.92 Å². The Hall–Kier alpha value is -0.980. The van der Waals surface area contributed by atoms with Crippen molar-refractivity contribution >= 4 is 59.9 Å². The van der Waals surface area contributed by atoms with Gasteiger partial charge in [0.15, 0.2) is 0 Å². The highest BCUT2D eigenvalue weighted by Crippen LogP contribution is 2.25. The number of carbonyl (C=O) groups excluding carboxylic acids is 1. The number of hydrazone groups is 1. The van der Waals surface area contributed by atoms with E-state index in [2.05, 4.69) is 58.3 Å². The molecule has 0 saturated heterocycles. The summed E-state index contributed by atoms with van der Waals surface area (Å²) in [7, 11) is 0. The summed E-state index contributed by atoms with van der Waals surface area (Å²) < 4.78 is 2.90. The fraction of sp³-hybridized carbons (Fsp3) is 0.0667. The predicted octanol–water partition coefficient (Wildman–Crippen LogP) is 5.05. The molecular formula is C15H11Br3N2O. The van der Waals surface area contributed by atoms with Crippen LogP contribution in [0.1, 0.15) is 21.5 Å². The molecule has 0 spiro atoms. The average molecular weight is 475 g/mol. The van der Waals surface area contributed by atoms with E-state index in [9.17, 15) is 4.79 Å². The van der Waals surface area contributed by atoms with Gasteiger partial charge in [0.05, 0.1) is 6.21 Å². The summed E-state index contributed by atoms with van der Waals surface area (Å²) in [6.45, 7) is 2.00. The van der Waals surface area contributed by atoms with Gasteiger partial charge in [-0.1, -0.05) is 47.8 Å². The van der Waals surface area contributed by atoms with E-state index < -0.39 is 0 Å². The topological polar surface area (TPSA) is 41.5 Å². The second-order valence-electron chi connectivity index (χ2n) is 4.32. The van der Waals surface area contributed by atoms with Crippen LogP contribution in [0.5, 0.6) is 0 Å². The second-order valence-corrected chi connectivity index (χ2v) is 6.94. The van der Waals surface area contributed by atoms with E-state index in [1.165, 1.54) is 0 Å². The Morgan fingerprint density at radius 1 is 1.10 bits per heavy atom. The molecule has 108 valence electrons. The molecule has 0 unspecified atom stereocenters. The summed E-state index contributed by atoms with van der Waals surface area (Å²) >= 11 is 10.3. The first-order valence-electron chi connectivity index (χ1n) is 6.02. The van der Waals surface area contributed by atoms with Gasteiger partial charge in [-0.25, -0.2) is 5.43 Å². The maximum atomic E-state index is 11.9. The highest BCUT2D eigenvalue weighted by atomic mass is 79.9. The average Bonchev–Trinajstić information content (AvgIpc) is 2.45. The van der Waals surface area contributed by atoms with Gasteiger partial charge in [0.2, 0.25) is 0 Å². The fourth-order valence-electron chi connectivity index (χ4n) is 1.57. The number of rotatable bonds is 3. The van der Waals surface area contributed by atoms with Crippen molar-refractivity contribution in [1.82, 2.24) is 5.43 Å². The number of nitrogens with one attached hydrogen (secondary N) is 1. The van der Waals surface area contributed by atoms with Crippen molar-refractivity contribution in [1.29, 1.82) is 0 Å². The highest BCUT2D eigenvalue weighted by Gasteiger charge is 2.04. The summed E-state index contributed by atoms with van der Waals surface area (Å²) in [4.78, 5) is 11.9. The van der Waals surface area contributed by atoms with Gasteiger partial charge in [-0.2, -0.15) is 5.10 Å².